The Hall–Kier alpha value is -4.74. The molecule has 6 rings (SSSR count). The summed E-state index contributed by atoms with van der Waals surface area (Å²) >= 11 is 1.51. The third-order valence-corrected chi connectivity index (χ3v) is 9.09. The average Bonchev–Trinajstić information content (AvgIpc) is 3.58. The van der Waals surface area contributed by atoms with Crippen molar-refractivity contribution in [3.63, 3.8) is 0 Å². The van der Waals surface area contributed by atoms with Gasteiger partial charge in [-0.3, -0.25) is 9.59 Å². The van der Waals surface area contributed by atoms with E-state index < -0.39 is 18.4 Å². The molecule has 9 nitrogen and oxygen atoms in total. The summed E-state index contributed by atoms with van der Waals surface area (Å²) in [5, 5.41) is 12.9. The van der Waals surface area contributed by atoms with Crippen molar-refractivity contribution < 1.29 is 33.3 Å². The molecular weight excluding hydrogens is 641 g/mol. The molecule has 0 aliphatic carbocycles. The van der Waals surface area contributed by atoms with Gasteiger partial charge in [-0.2, -0.15) is 0 Å². The number of esters is 1. The van der Waals surface area contributed by atoms with E-state index in [1.807, 2.05) is 109 Å². The quantitative estimate of drug-likeness (QED) is 0.103. The first-order valence-electron chi connectivity index (χ1n) is 16.1. The number of ether oxygens (including phenoxy) is 3. The van der Waals surface area contributed by atoms with Crippen LogP contribution in [0, 0.1) is 0 Å². The first kappa shape index (κ1) is 34.1. The summed E-state index contributed by atoms with van der Waals surface area (Å²) in [6.07, 6.45) is -1.34. The number of nitrogens with one attached hydrogen (secondary N) is 1. The predicted octanol–water partition coefficient (Wildman–Crippen LogP) is 7.41. The van der Waals surface area contributed by atoms with Crippen LogP contribution in [0.5, 0.6) is 0 Å². The Morgan fingerprint density at radius 2 is 1.51 bits per heavy atom. The molecule has 1 aliphatic rings. The number of thioether (sulfide) groups is 1. The number of nitrogens with zero attached hydrogens (tertiary/aromatic N) is 1. The van der Waals surface area contributed by atoms with Crippen LogP contribution in [0.1, 0.15) is 54.9 Å². The second-order valence-corrected chi connectivity index (χ2v) is 12.7. The number of benzene rings is 4. The van der Waals surface area contributed by atoms with E-state index in [0.29, 0.717) is 17.4 Å². The molecule has 2 N–H and O–H groups in total. The third kappa shape index (κ3) is 8.84. The molecule has 0 saturated carbocycles. The van der Waals surface area contributed by atoms with Crippen molar-refractivity contribution in [2.75, 3.05) is 5.75 Å². The molecule has 10 heteroatoms. The van der Waals surface area contributed by atoms with Crippen molar-refractivity contribution in [1.29, 1.82) is 0 Å². The number of carbonyl (C=O) groups is 2. The molecule has 4 aromatic carbocycles. The highest BCUT2D eigenvalue weighted by atomic mass is 32.2. The smallest absolute Gasteiger partial charge is 0.303 e. The molecule has 1 aromatic heterocycles. The Balaban J connectivity index is 1.18. The zero-order chi connectivity index (χ0) is 34.2. The van der Waals surface area contributed by atoms with Crippen LogP contribution in [0.3, 0.4) is 0 Å². The minimum absolute atomic E-state index is 0.0294. The third-order valence-electron chi connectivity index (χ3n) is 8.13. The van der Waals surface area contributed by atoms with Gasteiger partial charge in [0, 0.05) is 42.3 Å². The molecule has 49 heavy (non-hydrogen) atoms. The maximum absolute atomic E-state index is 12.3. The average molecular weight is 679 g/mol. The van der Waals surface area contributed by atoms with Crippen LogP contribution in [0.25, 0.3) is 22.6 Å². The highest BCUT2D eigenvalue weighted by Gasteiger charge is 2.33. The molecule has 0 unspecified atom stereocenters. The maximum Gasteiger partial charge on any atom is 0.303 e. The number of hydrogen-bond donors (Lipinski definition) is 2. The van der Waals surface area contributed by atoms with Crippen LogP contribution in [0.2, 0.25) is 0 Å². The number of hydrogen-bond acceptors (Lipinski definition) is 9. The van der Waals surface area contributed by atoms with E-state index in [9.17, 15) is 14.7 Å². The van der Waals surface area contributed by atoms with Gasteiger partial charge in [-0.1, -0.05) is 121 Å². The largest absolute Gasteiger partial charge is 0.453 e. The SMILES string of the molecule is CC(=O)O[C@@H](C)C(=O)NCc1ccc([C@H]2O[C@@H](CSc3nc(-c4ccccc4)c(-c4ccccc4)o3)C[C@@H](c3ccc(CO)cc3)O2)cc1. The van der Waals surface area contributed by atoms with Gasteiger partial charge in [0.1, 0.15) is 5.69 Å². The normalized spacial score (nSPS) is 18.1. The molecule has 252 valence electrons. The Kier molecular flexibility index (Phi) is 11.2. The predicted molar refractivity (Wildman–Crippen MR) is 186 cm³/mol. The van der Waals surface area contributed by atoms with E-state index in [0.717, 1.165) is 44.8 Å². The van der Waals surface area contributed by atoms with Crippen LogP contribution < -0.4 is 5.32 Å². The molecule has 5 aromatic rings. The van der Waals surface area contributed by atoms with Gasteiger partial charge >= 0.3 is 5.97 Å². The lowest BCUT2D eigenvalue weighted by molar-refractivity contribution is -0.245. The van der Waals surface area contributed by atoms with E-state index in [2.05, 4.69) is 5.32 Å². The van der Waals surface area contributed by atoms with Crippen molar-refractivity contribution in [2.24, 2.45) is 0 Å². The van der Waals surface area contributed by atoms with Crippen LogP contribution in [0.4, 0.5) is 0 Å². The topological polar surface area (TPSA) is 120 Å². The number of amides is 1. The van der Waals surface area contributed by atoms with Crippen molar-refractivity contribution in [2.45, 2.75) is 63.2 Å². The van der Waals surface area contributed by atoms with Gasteiger partial charge in [0.2, 0.25) is 0 Å². The van der Waals surface area contributed by atoms with E-state index in [1.165, 1.54) is 25.6 Å². The van der Waals surface area contributed by atoms with Gasteiger partial charge in [0.05, 0.1) is 18.8 Å². The summed E-state index contributed by atoms with van der Waals surface area (Å²) < 4.78 is 24.4. The summed E-state index contributed by atoms with van der Waals surface area (Å²) in [4.78, 5) is 28.4. The van der Waals surface area contributed by atoms with Gasteiger partial charge in [-0.05, 0) is 23.6 Å². The van der Waals surface area contributed by atoms with Gasteiger partial charge in [0.25, 0.3) is 11.1 Å². The summed E-state index contributed by atoms with van der Waals surface area (Å²) in [6.45, 7) is 3.06. The number of aliphatic hydroxyl groups excluding tert-OH is 1. The van der Waals surface area contributed by atoms with Crippen LogP contribution in [0.15, 0.2) is 119 Å². The van der Waals surface area contributed by atoms with E-state index in [4.69, 9.17) is 23.6 Å². The second-order valence-electron chi connectivity index (χ2n) is 11.8. The summed E-state index contributed by atoms with van der Waals surface area (Å²) in [5.41, 5.74) is 6.26. The number of rotatable bonds is 12. The van der Waals surface area contributed by atoms with E-state index in [1.54, 1.807) is 0 Å². The number of oxazole rings is 1. The zero-order valence-corrected chi connectivity index (χ0v) is 28.1. The highest BCUT2D eigenvalue weighted by molar-refractivity contribution is 7.99. The monoisotopic (exact) mass is 678 g/mol. The van der Waals surface area contributed by atoms with E-state index >= 15 is 0 Å². The molecule has 1 amide bonds. The molecule has 0 bridgehead atoms. The molecule has 2 heterocycles. The molecule has 1 fully saturated rings. The lowest BCUT2D eigenvalue weighted by Crippen LogP contribution is -2.35. The van der Waals surface area contributed by atoms with Gasteiger partial charge in [0.15, 0.2) is 18.2 Å². The van der Waals surface area contributed by atoms with Crippen molar-refractivity contribution in [1.82, 2.24) is 10.3 Å². The van der Waals surface area contributed by atoms with Gasteiger partial charge in [-0.15, -0.1) is 0 Å². The van der Waals surface area contributed by atoms with Crippen molar-refractivity contribution in [3.05, 3.63) is 131 Å². The van der Waals surface area contributed by atoms with Gasteiger partial charge < -0.3 is 29.1 Å². The van der Waals surface area contributed by atoms with Crippen molar-refractivity contribution >= 4 is 23.6 Å². The highest BCUT2D eigenvalue weighted by Crippen LogP contribution is 2.41. The number of aromatic nitrogens is 1. The van der Waals surface area contributed by atoms with Crippen LogP contribution in [-0.2, 0) is 37.0 Å². The number of aliphatic hydroxyl groups is 1. The lowest BCUT2D eigenvalue weighted by atomic mass is 10.0. The Morgan fingerprint density at radius 1 is 0.878 bits per heavy atom. The molecule has 0 spiro atoms. The molecule has 1 aliphatic heterocycles. The minimum Gasteiger partial charge on any atom is -0.453 e. The van der Waals surface area contributed by atoms with Crippen LogP contribution in [-0.4, -0.2) is 39.9 Å². The lowest BCUT2D eigenvalue weighted by Gasteiger charge is -2.36. The van der Waals surface area contributed by atoms with Crippen molar-refractivity contribution in [3.8, 4) is 22.6 Å². The second kappa shape index (κ2) is 16.1. The summed E-state index contributed by atoms with van der Waals surface area (Å²) in [7, 11) is 0. The fourth-order valence-corrected chi connectivity index (χ4v) is 6.40. The Bertz CT molecular complexity index is 1770. The Morgan fingerprint density at radius 3 is 2.16 bits per heavy atom. The molecule has 1 saturated heterocycles. The van der Waals surface area contributed by atoms with E-state index in [-0.39, 0.29) is 31.3 Å². The number of carbonyl (C=O) groups excluding carboxylic acids is 2. The minimum atomic E-state index is -0.870. The first-order valence-corrected chi connectivity index (χ1v) is 17.1. The molecule has 0 radical (unpaired) electrons. The van der Waals surface area contributed by atoms with Gasteiger partial charge in [-0.25, -0.2) is 4.98 Å². The molecule has 4 atom stereocenters. The standard InChI is InChI=1S/C39H38N2O7S/c1-25(45-26(2)43)37(44)40-22-27-13-19-32(20-14-27)38-46-33(21-34(47-38)29-17-15-28(23-42)16-18-29)24-49-39-41-35(30-9-5-3-6-10-30)36(48-39)31-11-7-4-8-12-31/h3-20,25,33-34,38,42H,21-24H2,1-2H3,(H,40,44)/t25-,33+,34-,38-/m0/s1. The molecular formula is C39H38N2O7S. The fourth-order valence-electron chi connectivity index (χ4n) is 5.55. The first-order chi connectivity index (χ1) is 23.9. The van der Waals surface area contributed by atoms with Crippen LogP contribution >= 0.6 is 11.8 Å². The Labute approximate surface area is 289 Å². The summed E-state index contributed by atoms with van der Waals surface area (Å²) in [6, 6.07) is 35.4. The zero-order valence-electron chi connectivity index (χ0n) is 27.3. The summed E-state index contributed by atoms with van der Waals surface area (Å²) in [5.74, 6) is 0.428. The fraction of sp³-hybridized carbons (Fsp3) is 0.256. The maximum atomic E-state index is 12.3.